The average molecular weight is 435 g/mol. The Balaban J connectivity index is 1.81. The molecule has 0 radical (unpaired) electrons. The highest BCUT2D eigenvalue weighted by molar-refractivity contribution is 7.89. The van der Waals surface area contributed by atoms with Crippen molar-refractivity contribution in [3.8, 4) is 0 Å². The number of nitrogens with one attached hydrogen (secondary N) is 1. The highest BCUT2D eigenvalue weighted by Gasteiger charge is 2.35. The molecule has 2 aromatic carbocycles. The van der Waals surface area contributed by atoms with Crippen LogP contribution < -0.4 is 5.32 Å². The first kappa shape index (κ1) is 21.8. The molecule has 1 saturated heterocycles. The van der Waals surface area contributed by atoms with Crippen molar-refractivity contribution in [3.05, 3.63) is 57.6 Å². The molecule has 5 nitrogen and oxygen atoms in total. The van der Waals surface area contributed by atoms with E-state index in [0.717, 1.165) is 22.3 Å². The lowest BCUT2D eigenvalue weighted by Crippen LogP contribution is -2.44. The van der Waals surface area contributed by atoms with E-state index in [4.69, 9.17) is 11.6 Å². The van der Waals surface area contributed by atoms with Crippen LogP contribution in [0.15, 0.2) is 35.2 Å². The van der Waals surface area contributed by atoms with Crippen LogP contribution in [0.2, 0.25) is 5.02 Å². The Kier molecular flexibility index (Phi) is 6.36. The SMILES string of the molecule is Cc1cc(C)c(S(=O)(=O)N2CCC[C@@H](C(=O)Nc3cc(Cl)ccc3C)C2)c(C)c1. The van der Waals surface area contributed by atoms with Gasteiger partial charge in [-0.05, 0) is 69.4 Å². The summed E-state index contributed by atoms with van der Waals surface area (Å²) in [5.41, 5.74) is 4.08. The van der Waals surface area contributed by atoms with E-state index in [-0.39, 0.29) is 12.5 Å². The second-order valence-electron chi connectivity index (χ2n) is 7.88. The summed E-state index contributed by atoms with van der Waals surface area (Å²) in [6.45, 7) is 8.10. The standard InChI is InChI=1S/C22H27ClN2O3S/c1-14-10-16(3)21(17(4)11-14)29(27,28)25-9-5-6-18(13-25)22(26)24-20-12-19(23)8-7-15(20)2/h7-8,10-12,18H,5-6,9,13H2,1-4H3,(H,24,26)/t18-/m1/s1. The number of amides is 1. The number of hydrogen-bond donors (Lipinski definition) is 1. The van der Waals surface area contributed by atoms with Crippen LogP contribution in [-0.4, -0.2) is 31.7 Å². The second kappa shape index (κ2) is 8.46. The van der Waals surface area contributed by atoms with Gasteiger partial charge >= 0.3 is 0 Å². The minimum Gasteiger partial charge on any atom is -0.326 e. The molecule has 1 heterocycles. The molecule has 7 heteroatoms. The molecular formula is C22H27ClN2O3S. The minimum absolute atomic E-state index is 0.174. The fraction of sp³-hybridized carbons (Fsp3) is 0.409. The number of hydrogen-bond acceptors (Lipinski definition) is 3. The van der Waals surface area contributed by atoms with Crippen molar-refractivity contribution < 1.29 is 13.2 Å². The van der Waals surface area contributed by atoms with Gasteiger partial charge in [-0.25, -0.2) is 8.42 Å². The van der Waals surface area contributed by atoms with Crippen molar-refractivity contribution in [1.82, 2.24) is 4.31 Å². The Hall–Kier alpha value is -1.89. The molecule has 1 atom stereocenters. The summed E-state index contributed by atoms with van der Waals surface area (Å²) in [7, 11) is -3.66. The molecule has 2 aromatic rings. The van der Waals surface area contributed by atoms with Crippen molar-refractivity contribution >= 4 is 33.2 Å². The summed E-state index contributed by atoms with van der Waals surface area (Å²) >= 11 is 6.04. The van der Waals surface area contributed by atoms with Crippen LogP contribution in [0.4, 0.5) is 5.69 Å². The zero-order chi connectivity index (χ0) is 21.3. The van der Waals surface area contributed by atoms with Crippen molar-refractivity contribution in [2.75, 3.05) is 18.4 Å². The third kappa shape index (κ3) is 4.65. The van der Waals surface area contributed by atoms with E-state index in [9.17, 15) is 13.2 Å². The smallest absolute Gasteiger partial charge is 0.243 e. The van der Waals surface area contributed by atoms with Gasteiger partial charge in [0.15, 0.2) is 0 Å². The summed E-state index contributed by atoms with van der Waals surface area (Å²) in [4.78, 5) is 13.2. The zero-order valence-electron chi connectivity index (χ0n) is 17.3. The van der Waals surface area contributed by atoms with E-state index < -0.39 is 15.9 Å². The molecule has 1 N–H and O–H groups in total. The highest BCUT2D eigenvalue weighted by atomic mass is 35.5. The summed E-state index contributed by atoms with van der Waals surface area (Å²) in [5, 5.41) is 3.46. The third-order valence-electron chi connectivity index (χ3n) is 5.41. The number of rotatable bonds is 4. The van der Waals surface area contributed by atoms with Crippen molar-refractivity contribution in [1.29, 1.82) is 0 Å². The summed E-state index contributed by atoms with van der Waals surface area (Å²) in [6.07, 6.45) is 1.30. The van der Waals surface area contributed by atoms with E-state index in [1.807, 2.05) is 45.9 Å². The second-order valence-corrected chi connectivity index (χ2v) is 10.2. The van der Waals surface area contributed by atoms with Crippen LogP contribution in [0.25, 0.3) is 0 Å². The van der Waals surface area contributed by atoms with E-state index in [2.05, 4.69) is 5.32 Å². The van der Waals surface area contributed by atoms with Gasteiger partial charge in [0.05, 0.1) is 10.8 Å². The predicted molar refractivity (Wildman–Crippen MR) is 117 cm³/mol. The number of aryl methyl sites for hydroxylation is 4. The molecule has 29 heavy (non-hydrogen) atoms. The Morgan fingerprint density at radius 3 is 2.38 bits per heavy atom. The molecule has 0 spiro atoms. The van der Waals surface area contributed by atoms with Crippen LogP contribution in [-0.2, 0) is 14.8 Å². The molecule has 1 aliphatic rings. The maximum atomic E-state index is 13.3. The monoisotopic (exact) mass is 434 g/mol. The number of halogens is 1. The molecule has 0 bridgehead atoms. The molecule has 1 aliphatic heterocycles. The van der Waals surface area contributed by atoms with Gasteiger partial charge in [0.2, 0.25) is 15.9 Å². The number of nitrogens with zero attached hydrogens (tertiary/aromatic N) is 1. The van der Waals surface area contributed by atoms with Crippen LogP contribution in [0.1, 0.15) is 35.1 Å². The molecule has 1 amide bonds. The first-order valence-electron chi connectivity index (χ1n) is 9.74. The minimum atomic E-state index is -3.66. The first-order valence-corrected chi connectivity index (χ1v) is 11.6. The fourth-order valence-corrected chi connectivity index (χ4v) is 6.15. The summed E-state index contributed by atoms with van der Waals surface area (Å²) in [6, 6.07) is 9.10. The van der Waals surface area contributed by atoms with Gasteiger partial charge in [-0.2, -0.15) is 4.31 Å². The molecular weight excluding hydrogens is 408 g/mol. The van der Waals surface area contributed by atoms with Crippen molar-refractivity contribution in [3.63, 3.8) is 0 Å². The molecule has 3 rings (SSSR count). The van der Waals surface area contributed by atoms with Crippen LogP contribution in [0, 0.1) is 33.6 Å². The maximum absolute atomic E-state index is 13.3. The van der Waals surface area contributed by atoms with E-state index in [1.54, 1.807) is 12.1 Å². The normalized spacial score (nSPS) is 17.9. The van der Waals surface area contributed by atoms with Gasteiger partial charge < -0.3 is 5.32 Å². The lowest BCUT2D eigenvalue weighted by Gasteiger charge is -2.32. The number of benzene rings is 2. The van der Waals surface area contributed by atoms with Crippen molar-refractivity contribution in [2.45, 2.75) is 45.4 Å². The van der Waals surface area contributed by atoms with Crippen molar-refractivity contribution in [2.24, 2.45) is 5.92 Å². The lowest BCUT2D eigenvalue weighted by atomic mass is 9.98. The lowest BCUT2D eigenvalue weighted by molar-refractivity contribution is -0.120. The summed E-state index contributed by atoms with van der Waals surface area (Å²) in [5.74, 6) is -0.574. The van der Waals surface area contributed by atoms with Gasteiger partial charge in [-0.3, -0.25) is 4.79 Å². The molecule has 0 aromatic heterocycles. The van der Waals surface area contributed by atoms with Gasteiger partial charge in [0.25, 0.3) is 0 Å². The summed E-state index contributed by atoms with van der Waals surface area (Å²) < 4.78 is 28.1. The van der Waals surface area contributed by atoms with E-state index >= 15 is 0 Å². The van der Waals surface area contributed by atoms with Gasteiger partial charge in [-0.15, -0.1) is 0 Å². The van der Waals surface area contributed by atoms with Crippen LogP contribution in [0.5, 0.6) is 0 Å². The topological polar surface area (TPSA) is 66.5 Å². The van der Waals surface area contributed by atoms with E-state index in [1.165, 1.54) is 4.31 Å². The Morgan fingerprint density at radius 2 is 1.72 bits per heavy atom. The first-order chi connectivity index (χ1) is 13.6. The quantitative estimate of drug-likeness (QED) is 0.763. The molecule has 1 fully saturated rings. The molecule has 156 valence electrons. The Morgan fingerprint density at radius 1 is 1.07 bits per heavy atom. The molecule has 0 unspecified atom stereocenters. The number of piperidine rings is 1. The molecule has 0 saturated carbocycles. The highest BCUT2D eigenvalue weighted by Crippen LogP contribution is 2.30. The van der Waals surface area contributed by atoms with Gasteiger partial charge in [0, 0.05) is 23.8 Å². The predicted octanol–water partition coefficient (Wildman–Crippen LogP) is 4.61. The largest absolute Gasteiger partial charge is 0.326 e. The number of carbonyl (C=O) groups excluding carboxylic acids is 1. The third-order valence-corrected chi connectivity index (χ3v) is 7.82. The number of carbonyl (C=O) groups is 1. The van der Waals surface area contributed by atoms with Crippen LogP contribution in [0.3, 0.4) is 0 Å². The van der Waals surface area contributed by atoms with E-state index in [0.29, 0.717) is 35.0 Å². The number of sulfonamides is 1. The maximum Gasteiger partial charge on any atom is 0.243 e. The number of anilines is 1. The van der Waals surface area contributed by atoms with Gasteiger partial charge in [-0.1, -0.05) is 35.4 Å². The fourth-order valence-electron chi connectivity index (χ4n) is 4.04. The Bertz CT molecular complexity index is 1030. The zero-order valence-corrected chi connectivity index (χ0v) is 18.8. The molecule has 0 aliphatic carbocycles. The Labute approximate surface area is 178 Å². The van der Waals surface area contributed by atoms with Crippen LogP contribution >= 0.6 is 11.6 Å². The van der Waals surface area contributed by atoms with Gasteiger partial charge in [0.1, 0.15) is 0 Å². The average Bonchev–Trinajstić information content (AvgIpc) is 2.63.